The Hall–Kier alpha value is -0.750. The Balaban J connectivity index is 2.29. The summed E-state index contributed by atoms with van der Waals surface area (Å²) in [6.45, 7) is 1.67. The fourth-order valence-corrected chi connectivity index (χ4v) is 2.19. The predicted molar refractivity (Wildman–Crippen MR) is 62.4 cm³/mol. The van der Waals surface area contributed by atoms with E-state index in [1.54, 1.807) is 0 Å². The number of nitrogens with zero attached hydrogens (tertiary/aromatic N) is 1. The van der Waals surface area contributed by atoms with Crippen LogP contribution < -0.4 is 0 Å². The monoisotopic (exact) mass is 265 g/mol. The normalized spacial score (nSPS) is 22.9. The van der Waals surface area contributed by atoms with Gasteiger partial charge in [-0.1, -0.05) is 0 Å². The average Bonchev–Trinajstić information content (AvgIpc) is 2.25. The Morgan fingerprint density at radius 1 is 1.50 bits per heavy atom. The Morgan fingerprint density at radius 3 is 2.67 bits per heavy atom. The summed E-state index contributed by atoms with van der Waals surface area (Å²) in [5, 5.41) is 8.76. The van der Waals surface area contributed by atoms with Gasteiger partial charge in [-0.15, -0.1) is 0 Å². The molecule has 0 aliphatic heterocycles. The molecule has 18 heavy (non-hydrogen) atoms. The van der Waals surface area contributed by atoms with E-state index in [4.69, 9.17) is 9.84 Å². The van der Waals surface area contributed by atoms with Gasteiger partial charge in [0.1, 0.15) is 0 Å². The molecule has 0 aromatic carbocycles. The number of hydrogen-bond donors (Lipinski definition) is 1. The second-order valence-corrected chi connectivity index (χ2v) is 4.57. The third kappa shape index (κ3) is 4.86. The van der Waals surface area contributed by atoms with E-state index in [0.717, 1.165) is 17.7 Å². The van der Waals surface area contributed by atoms with Crippen molar-refractivity contribution in [1.29, 1.82) is 0 Å². The van der Waals surface area contributed by atoms with E-state index >= 15 is 0 Å². The summed E-state index contributed by atoms with van der Waals surface area (Å²) < 4.78 is 29.9. The largest absolute Gasteiger partial charge is 0.395 e. The van der Waals surface area contributed by atoms with Gasteiger partial charge < -0.3 is 14.7 Å². The maximum atomic E-state index is 12.3. The third-order valence-corrected chi connectivity index (χ3v) is 3.14. The lowest BCUT2D eigenvalue weighted by molar-refractivity contribution is -0.137. The predicted octanol–water partition coefficient (Wildman–Crippen LogP) is 1.28. The highest BCUT2D eigenvalue weighted by Crippen LogP contribution is 2.33. The number of aliphatic hydroxyl groups is 1. The number of ether oxygens (including phenoxy) is 1. The highest BCUT2D eigenvalue weighted by atomic mass is 19.3. The lowest BCUT2D eigenvalue weighted by Gasteiger charge is -2.35. The Bertz CT molecular complexity index is 258. The molecule has 0 aromatic heterocycles. The topological polar surface area (TPSA) is 49.8 Å². The van der Waals surface area contributed by atoms with Crippen LogP contribution in [0.1, 0.15) is 26.2 Å². The summed E-state index contributed by atoms with van der Waals surface area (Å²) in [5.41, 5.74) is 0. The van der Waals surface area contributed by atoms with E-state index in [1.807, 2.05) is 6.92 Å². The second-order valence-electron chi connectivity index (χ2n) is 4.57. The van der Waals surface area contributed by atoms with Crippen molar-refractivity contribution < 1.29 is 23.4 Å². The minimum absolute atomic E-state index is 0.0230. The average molecular weight is 265 g/mol. The molecule has 0 aromatic rings. The van der Waals surface area contributed by atoms with Crippen molar-refractivity contribution in [3.63, 3.8) is 0 Å². The van der Waals surface area contributed by atoms with E-state index in [1.165, 1.54) is 0 Å². The molecule has 0 atom stereocenters. The molecule has 106 valence electrons. The van der Waals surface area contributed by atoms with Gasteiger partial charge in [0, 0.05) is 19.6 Å². The zero-order valence-corrected chi connectivity index (χ0v) is 10.6. The number of halogens is 2. The van der Waals surface area contributed by atoms with Gasteiger partial charge in [0.15, 0.2) is 0 Å². The Morgan fingerprint density at radius 2 is 2.17 bits per heavy atom. The van der Waals surface area contributed by atoms with Crippen molar-refractivity contribution in [2.24, 2.45) is 5.92 Å². The van der Waals surface area contributed by atoms with Crippen LogP contribution in [0.2, 0.25) is 0 Å². The van der Waals surface area contributed by atoms with Crippen LogP contribution in [0, 0.1) is 5.92 Å². The smallest absolute Gasteiger partial charge is 0.255 e. The van der Waals surface area contributed by atoms with E-state index < -0.39 is 13.0 Å². The van der Waals surface area contributed by atoms with Crippen LogP contribution in [0.15, 0.2) is 0 Å². The number of carbonyl (C=O) groups is 1. The number of aliphatic hydroxyl groups excluding tert-OH is 1. The number of carbonyl (C=O) groups excluding carboxylic acids is 1. The molecular formula is C12H21F2NO3. The van der Waals surface area contributed by atoms with Gasteiger partial charge >= 0.3 is 0 Å². The van der Waals surface area contributed by atoms with Crippen molar-refractivity contribution >= 4 is 5.91 Å². The first kappa shape index (κ1) is 15.3. The van der Waals surface area contributed by atoms with Gasteiger partial charge in [-0.2, -0.15) is 0 Å². The zero-order chi connectivity index (χ0) is 13.5. The van der Waals surface area contributed by atoms with Gasteiger partial charge in [-0.25, -0.2) is 8.78 Å². The van der Waals surface area contributed by atoms with Gasteiger partial charge in [0.2, 0.25) is 5.91 Å². The molecule has 1 amide bonds. The van der Waals surface area contributed by atoms with Crippen LogP contribution in [0.3, 0.4) is 0 Å². The molecule has 0 bridgehead atoms. The highest BCUT2D eigenvalue weighted by molar-refractivity contribution is 5.76. The first-order chi connectivity index (χ1) is 8.56. The van der Waals surface area contributed by atoms with Crippen LogP contribution >= 0.6 is 0 Å². The van der Waals surface area contributed by atoms with E-state index in [2.05, 4.69) is 0 Å². The van der Waals surface area contributed by atoms with E-state index in [9.17, 15) is 13.6 Å². The number of alkyl halides is 2. The van der Waals surface area contributed by atoms with E-state index in [0.29, 0.717) is 6.61 Å². The molecule has 0 saturated heterocycles. The molecule has 0 unspecified atom stereocenters. The second kappa shape index (κ2) is 7.63. The van der Waals surface area contributed by atoms with Crippen LogP contribution in [-0.2, 0) is 9.53 Å². The SMILES string of the molecule is CCOC1CC(CC(=O)N(CCO)CC(F)F)C1. The first-order valence-electron chi connectivity index (χ1n) is 6.35. The number of rotatable bonds is 8. The van der Waals surface area contributed by atoms with Crippen molar-refractivity contribution in [2.45, 2.75) is 38.7 Å². The fourth-order valence-electron chi connectivity index (χ4n) is 2.19. The van der Waals surface area contributed by atoms with Crippen LogP contribution in [0.4, 0.5) is 8.78 Å². The number of hydrogen-bond acceptors (Lipinski definition) is 3. The Kier molecular flexibility index (Phi) is 6.49. The van der Waals surface area contributed by atoms with Crippen LogP contribution in [-0.4, -0.2) is 54.7 Å². The number of amides is 1. The van der Waals surface area contributed by atoms with Gasteiger partial charge in [-0.05, 0) is 25.7 Å². The lowest BCUT2D eigenvalue weighted by Crippen LogP contribution is -2.41. The third-order valence-electron chi connectivity index (χ3n) is 3.14. The lowest BCUT2D eigenvalue weighted by atomic mass is 9.79. The van der Waals surface area contributed by atoms with Crippen LogP contribution in [0.25, 0.3) is 0 Å². The minimum atomic E-state index is -2.56. The van der Waals surface area contributed by atoms with Crippen molar-refractivity contribution in [3.8, 4) is 0 Å². The summed E-state index contributed by atoms with van der Waals surface area (Å²) >= 11 is 0. The molecule has 1 aliphatic carbocycles. The molecule has 1 aliphatic rings. The summed E-state index contributed by atoms with van der Waals surface area (Å²) in [6.07, 6.45) is -0.425. The molecule has 1 fully saturated rings. The zero-order valence-electron chi connectivity index (χ0n) is 10.6. The first-order valence-corrected chi connectivity index (χ1v) is 6.35. The summed E-state index contributed by atoms with van der Waals surface area (Å²) in [5.74, 6) is -0.0720. The van der Waals surface area contributed by atoms with Gasteiger partial charge in [0.25, 0.3) is 6.43 Å². The van der Waals surface area contributed by atoms with Crippen molar-refractivity contribution in [1.82, 2.24) is 4.90 Å². The van der Waals surface area contributed by atoms with E-state index in [-0.39, 0.29) is 37.5 Å². The Labute approximate surface area is 106 Å². The molecular weight excluding hydrogens is 244 g/mol. The standard InChI is InChI=1S/C12H21F2NO3/c1-2-18-10-5-9(6-10)7-12(17)15(3-4-16)8-11(13)14/h9-11,16H,2-8H2,1H3. The molecule has 0 heterocycles. The van der Waals surface area contributed by atoms with Crippen LogP contribution in [0.5, 0.6) is 0 Å². The molecule has 4 nitrogen and oxygen atoms in total. The quantitative estimate of drug-likeness (QED) is 0.719. The molecule has 1 N–H and O–H groups in total. The van der Waals surface area contributed by atoms with Crippen molar-refractivity contribution in [3.05, 3.63) is 0 Å². The van der Waals surface area contributed by atoms with Gasteiger partial charge in [-0.3, -0.25) is 4.79 Å². The summed E-state index contributed by atoms with van der Waals surface area (Å²) in [7, 11) is 0. The fraction of sp³-hybridized carbons (Fsp3) is 0.917. The molecule has 0 radical (unpaired) electrons. The molecule has 6 heteroatoms. The summed E-state index contributed by atoms with van der Waals surface area (Å²) in [4.78, 5) is 12.8. The van der Waals surface area contributed by atoms with Crippen molar-refractivity contribution in [2.75, 3.05) is 26.3 Å². The highest BCUT2D eigenvalue weighted by Gasteiger charge is 2.32. The maximum absolute atomic E-state index is 12.3. The van der Waals surface area contributed by atoms with Gasteiger partial charge in [0.05, 0.1) is 19.3 Å². The molecule has 0 spiro atoms. The summed E-state index contributed by atoms with van der Waals surface area (Å²) in [6, 6.07) is 0. The minimum Gasteiger partial charge on any atom is -0.395 e. The molecule has 1 saturated carbocycles. The maximum Gasteiger partial charge on any atom is 0.255 e. The molecule has 1 rings (SSSR count).